The molecule has 6 nitrogen and oxygen atoms in total. The Kier molecular flexibility index (Phi) is 4.18. The molecule has 108 valence electrons. The van der Waals surface area contributed by atoms with Crippen LogP contribution in [-0.4, -0.2) is 40.2 Å². The summed E-state index contributed by atoms with van der Waals surface area (Å²) >= 11 is 0. The average Bonchev–Trinajstić information content (AvgIpc) is 3.00. The molecule has 2 aromatic heterocycles. The maximum absolute atomic E-state index is 4.99. The van der Waals surface area contributed by atoms with E-state index in [4.69, 9.17) is 4.74 Å². The quantitative estimate of drug-likeness (QED) is 0.695. The first kappa shape index (κ1) is 13.7. The molecule has 0 unspecified atom stereocenters. The third-order valence-electron chi connectivity index (χ3n) is 3.18. The Labute approximate surface area is 122 Å². The van der Waals surface area contributed by atoms with Crippen LogP contribution in [-0.2, 0) is 11.3 Å². The Hall–Kier alpha value is -2.31. The van der Waals surface area contributed by atoms with E-state index in [1.807, 2.05) is 30.5 Å². The zero-order valence-electron chi connectivity index (χ0n) is 11.9. The summed E-state index contributed by atoms with van der Waals surface area (Å²) in [6.07, 6.45) is 3.72. The lowest BCUT2D eigenvalue weighted by Gasteiger charge is -2.02. The van der Waals surface area contributed by atoms with E-state index in [0.717, 1.165) is 28.8 Å². The van der Waals surface area contributed by atoms with Crippen molar-refractivity contribution in [2.75, 3.05) is 20.3 Å². The molecule has 0 fully saturated rings. The molecule has 2 heterocycles. The van der Waals surface area contributed by atoms with Crippen molar-refractivity contribution in [3.8, 4) is 5.69 Å². The number of hydrogen-bond acceptors (Lipinski definition) is 5. The Morgan fingerprint density at radius 2 is 2.24 bits per heavy atom. The van der Waals surface area contributed by atoms with E-state index < -0.39 is 0 Å². The molecule has 0 aliphatic rings. The highest BCUT2D eigenvalue weighted by Gasteiger charge is 2.04. The van der Waals surface area contributed by atoms with E-state index in [9.17, 15) is 0 Å². The third kappa shape index (κ3) is 3.24. The predicted octanol–water partition coefficient (Wildman–Crippen LogP) is 1.55. The Balaban J connectivity index is 1.75. The van der Waals surface area contributed by atoms with Gasteiger partial charge in [-0.25, -0.2) is 4.68 Å². The molecule has 0 aliphatic carbocycles. The van der Waals surface area contributed by atoms with Crippen LogP contribution in [0, 0.1) is 0 Å². The molecular weight excluding hydrogens is 266 g/mol. The minimum absolute atomic E-state index is 0.679. The van der Waals surface area contributed by atoms with Gasteiger partial charge < -0.3 is 10.1 Å². The molecule has 0 aliphatic heterocycles. The summed E-state index contributed by atoms with van der Waals surface area (Å²) in [5, 5.41) is 12.7. The lowest BCUT2D eigenvalue weighted by Crippen LogP contribution is -2.18. The second-order valence-electron chi connectivity index (χ2n) is 4.70. The minimum atomic E-state index is 0.679. The second kappa shape index (κ2) is 6.43. The van der Waals surface area contributed by atoms with Crippen LogP contribution in [0.2, 0.25) is 0 Å². The van der Waals surface area contributed by atoms with Gasteiger partial charge in [0.05, 0.1) is 29.7 Å². The van der Waals surface area contributed by atoms with Crippen LogP contribution in [0.5, 0.6) is 0 Å². The fourth-order valence-electron chi connectivity index (χ4n) is 2.10. The summed E-state index contributed by atoms with van der Waals surface area (Å²) in [5.74, 6) is 0. The van der Waals surface area contributed by atoms with Gasteiger partial charge >= 0.3 is 0 Å². The number of methoxy groups -OCH3 is 1. The first-order chi connectivity index (χ1) is 10.4. The molecule has 3 rings (SSSR count). The molecule has 1 N–H and O–H groups in total. The van der Waals surface area contributed by atoms with Gasteiger partial charge in [-0.3, -0.25) is 4.98 Å². The van der Waals surface area contributed by atoms with Crippen LogP contribution in [0.3, 0.4) is 0 Å². The highest BCUT2D eigenvalue weighted by Crippen LogP contribution is 2.15. The molecule has 0 spiro atoms. The van der Waals surface area contributed by atoms with Crippen LogP contribution in [0.1, 0.15) is 5.69 Å². The number of hydrogen-bond donors (Lipinski definition) is 1. The van der Waals surface area contributed by atoms with E-state index in [-0.39, 0.29) is 0 Å². The number of aromatic nitrogens is 4. The number of nitrogens with zero attached hydrogens (tertiary/aromatic N) is 4. The van der Waals surface area contributed by atoms with Gasteiger partial charge in [-0.2, -0.15) is 0 Å². The van der Waals surface area contributed by atoms with Crippen molar-refractivity contribution in [2.24, 2.45) is 0 Å². The lowest BCUT2D eigenvalue weighted by molar-refractivity contribution is 0.199. The summed E-state index contributed by atoms with van der Waals surface area (Å²) in [5.41, 5.74) is 2.85. The molecular formula is C15H17N5O. The highest BCUT2D eigenvalue weighted by molar-refractivity contribution is 5.80. The van der Waals surface area contributed by atoms with Gasteiger partial charge in [0.1, 0.15) is 0 Å². The molecule has 0 atom stereocenters. The second-order valence-corrected chi connectivity index (χ2v) is 4.70. The van der Waals surface area contributed by atoms with Gasteiger partial charge in [-0.1, -0.05) is 11.3 Å². The zero-order valence-corrected chi connectivity index (χ0v) is 11.9. The molecule has 21 heavy (non-hydrogen) atoms. The topological polar surface area (TPSA) is 64.9 Å². The third-order valence-corrected chi connectivity index (χ3v) is 3.18. The van der Waals surface area contributed by atoms with Gasteiger partial charge in [0.15, 0.2) is 0 Å². The Bertz CT molecular complexity index is 725. The van der Waals surface area contributed by atoms with Crippen molar-refractivity contribution in [1.82, 2.24) is 25.3 Å². The molecule has 0 saturated carbocycles. The Morgan fingerprint density at radius 1 is 1.29 bits per heavy atom. The molecule has 1 aromatic carbocycles. The molecule has 0 bridgehead atoms. The summed E-state index contributed by atoms with van der Waals surface area (Å²) in [6, 6.07) is 10.0. The molecule has 0 saturated heterocycles. The number of pyridine rings is 1. The van der Waals surface area contributed by atoms with E-state index in [2.05, 4.69) is 26.7 Å². The van der Waals surface area contributed by atoms with Gasteiger partial charge in [0.2, 0.25) is 0 Å². The van der Waals surface area contributed by atoms with Crippen LogP contribution in [0.15, 0.2) is 42.7 Å². The largest absolute Gasteiger partial charge is 0.383 e. The number of benzene rings is 1. The van der Waals surface area contributed by atoms with Crippen LogP contribution >= 0.6 is 0 Å². The van der Waals surface area contributed by atoms with Crippen molar-refractivity contribution in [2.45, 2.75) is 6.54 Å². The fraction of sp³-hybridized carbons (Fsp3) is 0.267. The summed E-state index contributed by atoms with van der Waals surface area (Å²) in [6.45, 7) is 2.16. The zero-order chi connectivity index (χ0) is 14.5. The van der Waals surface area contributed by atoms with Crippen LogP contribution in [0.25, 0.3) is 16.6 Å². The van der Waals surface area contributed by atoms with Crippen molar-refractivity contribution in [3.05, 3.63) is 48.4 Å². The summed E-state index contributed by atoms with van der Waals surface area (Å²) < 4.78 is 6.76. The molecule has 0 amide bonds. The maximum atomic E-state index is 4.99. The lowest BCUT2D eigenvalue weighted by atomic mass is 10.2. The molecule has 6 heteroatoms. The van der Waals surface area contributed by atoms with Gasteiger partial charge in [0.25, 0.3) is 0 Å². The number of nitrogens with one attached hydrogen (secondary N) is 1. The van der Waals surface area contributed by atoms with E-state index in [0.29, 0.717) is 13.2 Å². The van der Waals surface area contributed by atoms with Gasteiger partial charge in [-0.05, 0) is 24.3 Å². The molecule has 0 radical (unpaired) electrons. The minimum Gasteiger partial charge on any atom is -0.383 e. The SMILES string of the molecule is COCCNCc1cn(-c2ccc3ncccc3c2)nn1. The maximum Gasteiger partial charge on any atom is 0.0969 e. The van der Waals surface area contributed by atoms with Crippen LogP contribution in [0.4, 0.5) is 0 Å². The number of fused-ring (bicyclic) bond motifs is 1. The van der Waals surface area contributed by atoms with Crippen molar-refractivity contribution >= 4 is 10.9 Å². The highest BCUT2D eigenvalue weighted by atomic mass is 16.5. The average molecular weight is 283 g/mol. The first-order valence-corrected chi connectivity index (χ1v) is 6.83. The van der Waals surface area contributed by atoms with Gasteiger partial charge in [0, 0.05) is 31.8 Å². The van der Waals surface area contributed by atoms with Gasteiger partial charge in [-0.15, -0.1) is 5.10 Å². The normalized spacial score (nSPS) is 11.1. The predicted molar refractivity (Wildman–Crippen MR) is 80.2 cm³/mol. The summed E-state index contributed by atoms with van der Waals surface area (Å²) in [4.78, 5) is 4.31. The van der Waals surface area contributed by atoms with Crippen molar-refractivity contribution in [3.63, 3.8) is 0 Å². The van der Waals surface area contributed by atoms with Crippen molar-refractivity contribution in [1.29, 1.82) is 0 Å². The monoisotopic (exact) mass is 283 g/mol. The van der Waals surface area contributed by atoms with Crippen molar-refractivity contribution < 1.29 is 4.74 Å². The van der Waals surface area contributed by atoms with Crippen LogP contribution < -0.4 is 5.32 Å². The van der Waals surface area contributed by atoms with E-state index >= 15 is 0 Å². The summed E-state index contributed by atoms with van der Waals surface area (Å²) in [7, 11) is 1.69. The number of ether oxygens (including phenoxy) is 1. The smallest absolute Gasteiger partial charge is 0.0969 e. The van der Waals surface area contributed by atoms with E-state index in [1.54, 1.807) is 18.0 Å². The first-order valence-electron chi connectivity index (χ1n) is 6.83. The van der Waals surface area contributed by atoms with E-state index in [1.165, 1.54) is 0 Å². The fourth-order valence-corrected chi connectivity index (χ4v) is 2.10. The molecule has 3 aromatic rings. The standard InChI is InChI=1S/C15H17N5O/c1-21-8-7-16-10-13-11-20(19-18-13)14-4-5-15-12(9-14)3-2-6-17-15/h2-6,9,11,16H,7-8,10H2,1H3. The number of rotatable bonds is 6. The Morgan fingerprint density at radius 3 is 3.14 bits per heavy atom.